The minimum absolute atomic E-state index is 0.0346. The lowest BCUT2D eigenvalue weighted by molar-refractivity contribution is -0.141. The fraction of sp³-hybridized carbons (Fsp3) is 0.600. The molecule has 26 heavy (non-hydrogen) atoms. The molecule has 1 aromatic rings. The van der Waals surface area contributed by atoms with Crippen molar-refractivity contribution in [3.8, 4) is 0 Å². The summed E-state index contributed by atoms with van der Waals surface area (Å²) in [7, 11) is 0. The average molecular weight is 420 g/mol. The summed E-state index contributed by atoms with van der Waals surface area (Å²) in [5.41, 5.74) is 0.868. The summed E-state index contributed by atoms with van der Waals surface area (Å²) < 4.78 is 0.946. The Hall–Kier alpha value is -1.40. The summed E-state index contributed by atoms with van der Waals surface area (Å²) in [6.45, 7) is 4.62. The second-order valence-electron chi connectivity index (χ2n) is 7.61. The van der Waals surface area contributed by atoms with Crippen LogP contribution in [0.15, 0.2) is 28.7 Å². The molecule has 0 saturated carbocycles. The van der Waals surface area contributed by atoms with Crippen molar-refractivity contribution < 1.29 is 9.59 Å². The lowest BCUT2D eigenvalue weighted by Crippen LogP contribution is -2.48. The van der Waals surface area contributed by atoms with Gasteiger partial charge in [0.1, 0.15) is 5.92 Å². The van der Waals surface area contributed by atoms with Crippen LogP contribution in [0.2, 0.25) is 0 Å². The zero-order valence-corrected chi connectivity index (χ0v) is 16.7. The van der Waals surface area contributed by atoms with E-state index in [9.17, 15) is 9.59 Å². The highest BCUT2D eigenvalue weighted by Gasteiger charge is 2.40. The van der Waals surface area contributed by atoms with Crippen LogP contribution >= 0.6 is 15.9 Å². The topological polar surface area (TPSA) is 43.9 Å². The molecule has 5 nitrogen and oxygen atoms in total. The number of likely N-dealkylation sites (tertiary alicyclic amines) is 2. The highest BCUT2D eigenvalue weighted by molar-refractivity contribution is 9.10. The zero-order valence-electron chi connectivity index (χ0n) is 15.1. The summed E-state index contributed by atoms with van der Waals surface area (Å²) in [6.07, 6.45) is 5.32. The Morgan fingerprint density at radius 1 is 1.00 bits per heavy atom. The Labute approximate surface area is 163 Å². The number of carbonyl (C=O) groups is 2. The van der Waals surface area contributed by atoms with Crippen LogP contribution in [0.1, 0.15) is 32.1 Å². The summed E-state index contributed by atoms with van der Waals surface area (Å²) in [4.78, 5) is 32.0. The van der Waals surface area contributed by atoms with Gasteiger partial charge in [0.05, 0.1) is 0 Å². The Bertz CT molecular complexity index is 681. The van der Waals surface area contributed by atoms with Crippen molar-refractivity contribution in [2.75, 3.05) is 37.6 Å². The quantitative estimate of drug-likeness (QED) is 0.707. The molecular weight excluding hydrogens is 394 g/mol. The third kappa shape index (κ3) is 3.54. The molecule has 3 aliphatic heterocycles. The van der Waals surface area contributed by atoms with Crippen LogP contribution in [-0.4, -0.2) is 60.4 Å². The van der Waals surface area contributed by atoms with Crippen LogP contribution in [0.5, 0.6) is 0 Å². The largest absolute Gasteiger partial charge is 0.342 e. The number of piperidine rings is 1. The molecule has 140 valence electrons. The molecule has 3 aliphatic rings. The molecule has 2 amide bonds. The Kier molecular flexibility index (Phi) is 5.32. The number of carbonyl (C=O) groups excluding carboxylic acids is 2. The molecule has 0 radical (unpaired) electrons. The van der Waals surface area contributed by atoms with Gasteiger partial charge in [0, 0.05) is 35.8 Å². The Morgan fingerprint density at radius 2 is 1.73 bits per heavy atom. The molecule has 0 bridgehead atoms. The van der Waals surface area contributed by atoms with Crippen molar-refractivity contribution in [1.29, 1.82) is 0 Å². The molecule has 3 heterocycles. The van der Waals surface area contributed by atoms with Crippen molar-refractivity contribution in [3.63, 3.8) is 0 Å². The third-order valence-corrected chi connectivity index (χ3v) is 6.55. The van der Waals surface area contributed by atoms with E-state index < -0.39 is 5.92 Å². The molecule has 6 heteroatoms. The van der Waals surface area contributed by atoms with Crippen LogP contribution < -0.4 is 4.90 Å². The minimum atomic E-state index is -0.502. The van der Waals surface area contributed by atoms with Gasteiger partial charge in [-0.05, 0) is 63.4 Å². The smallest absolute Gasteiger partial charge is 0.239 e. The van der Waals surface area contributed by atoms with Crippen LogP contribution in [0.25, 0.3) is 0 Å². The normalized spacial score (nSPS) is 25.3. The van der Waals surface area contributed by atoms with Gasteiger partial charge in [0.2, 0.25) is 11.8 Å². The van der Waals surface area contributed by atoms with Gasteiger partial charge < -0.3 is 14.7 Å². The predicted molar refractivity (Wildman–Crippen MR) is 105 cm³/mol. The molecule has 1 atom stereocenters. The van der Waals surface area contributed by atoms with Gasteiger partial charge in [-0.1, -0.05) is 22.0 Å². The number of benzene rings is 1. The summed E-state index contributed by atoms with van der Waals surface area (Å²) in [6, 6.07) is 8.35. The number of hydrogen-bond acceptors (Lipinski definition) is 3. The molecule has 4 rings (SSSR count). The number of hydrogen-bond donors (Lipinski definition) is 0. The van der Waals surface area contributed by atoms with E-state index in [-0.39, 0.29) is 11.8 Å². The maximum Gasteiger partial charge on any atom is 0.239 e. The fourth-order valence-corrected chi connectivity index (χ4v) is 4.98. The van der Waals surface area contributed by atoms with Crippen molar-refractivity contribution in [2.45, 2.75) is 38.1 Å². The molecule has 0 aromatic heterocycles. The Balaban J connectivity index is 1.36. The third-order valence-electron chi connectivity index (χ3n) is 6.06. The second kappa shape index (κ2) is 7.69. The predicted octanol–water partition coefficient (Wildman–Crippen LogP) is 2.89. The fourth-order valence-electron chi connectivity index (χ4n) is 4.59. The van der Waals surface area contributed by atoms with Gasteiger partial charge in [-0.25, -0.2) is 0 Å². The first kappa shape index (κ1) is 18.0. The van der Waals surface area contributed by atoms with Crippen molar-refractivity contribution >= 4 is 33.4 Å². The van der Waals surface area contributed by atoms with Crippen LogP contribution in [0.4, 0.5) is 5.69 Å². The number of halogens is 1. The van der Waals surface area contributed by atoms with E-state index in [1.54, 1.807) is 4.90 Å². The molecule has 3 fully saturated rings. The highest BCUT2D eigenvalue weighted by atomic mass is 79.9. The van der Waals surface area contributed by atoms with Gasteiger partial charge >= 0.3 is 0 Å². The van der Waals surface area contributed by atoms with E-state index >= 15 is 0 Å². The Morgan fingerprint density at radius 3 is 2.42 bits per heavy atom. The molecule has 3 saturated heterocycles. The number of nitrogens with zero attached hydrogens (tertiary/aromatic N) is 3. The molecule has 0 N–H and O–H groups in total. The van der Waals surface area contributed by atoms with Crippen molar-refractivity contribution in [3.05, 3.63) is 28.7 Å². The number of rotatable bonds is 3. The molecule has 1 aromatic carbocycles. The van der Waals surface area contributed by atoms with Gasteiger partial charge in [0.25, 0.3) is 0 Å². The minimum Gasteiger partial charge on any atom is -0.342 e. The zero-order chi connectivity index (χ0) is 18.1. The number of amides is 2. The van der Waals surface area contributed by atoms with Gasteiger partial charge in [-0.15, -0.1) is 0 Å². The first-order chi connectivity index (χ1) is 12.6. The molecular formula is C20H26BrN3O2. The van der Waals surface area contributed by atoms with Crippen molar-refractivity contribution in [1.82, 2.24) is 9.80 Å². The summed E-state index contributed by atoms with van der Waals surface area (Å²) in [5, 5.41) is 0. The first-order valence-electron chi connectivity index (χ1n) is 9.73. The maximum absolute atomic E-state index is 12.9. The number of anilines is 1. The second-order valence-corrected chi connectivity index (χ2v) is 8.53. The molecule has 1 unspecified atom stereocenters. The SMILES string of the molecule is O=C(C1CCN(c2cccc(Br)c2)C1=O)N1CCC(N2CCCC2)CC1. The lowest BCUT2D eigenvalue weighted by Gasteiger charge is -2.37. The van der Waals surface area contributed by atoms with Gasteiger partial charge in [-0.3, -0.25) is 9.59 Å². The summed E-state index contributed by atoms with van der Waals surface area (Å²) >= 11 is 3.45. The highest BCUT2D eigenvalue weighted by Crippen LogP contribution is 2.29. The van der Waals surface area contributed by atoms with Crippen molar-refractivity contribution in [2.24, 2.45) is 5.92 Å². The van der Waals surface area contributed by atoms with Crippen LogP contribution in [0.3, 0.4) is 0 Å². The van der Waals surface area contributed by atoms with Crippen LogP contribution in [-0.2, 0) is 9.59 Å². The monoisotopic (exact) mass is 419 g/mol. The van der Waals surface area contributed by atoms with Gasteiger partial charge in [-0.2, -0.15) is 0 Å². The van der Waals surface area contributed by atoms with Crippen LogP contribution in [0, 0.1) is 5.92 Å². The summed E-state index contributed by atoms with van der Waals surface area (Å²) in [5.74, 6) is -0.514. The van der Waals surface area contributed by atoms with E-state index in [0.29, 0.717) is 19.0 Å². The maximum atomic E-state index is 12.9. The first-order valence-corrected chi connectivity index (χ1v) is 10.5. The van der Waals surface area contributed by atoms with E-state index in [1.165, 1.54) is 25.9 Å². The molecule has 0 spiro atoms. The standard InChI is InChI=1S/C20H26BrN3O2/c21-15-4-3-5-17(14-15)24-13-8-18(20(24)26)19(25)23-11-6-16(7-12-23)22-9-1-2-10-22/h3-5,14,16,18H,1-2,6-13H2. The molecule has 0 aliphatic carbocycles. The van der Waals surface area contributed by atoms with E-state index in [4.69, 9.17) is 0 Å². The van der Waals surface area contributed by atoms with Gasteiger partial charge in [0.15, 0.2) is 0 Å². The van der Waals surface area contributed by atoms with E-state index in [2.05, 4.69) is 20.8 Å². The van der Waals surface area contributed by atoms with E-state index in [0.717, 1.165) is 36.1 Å². The lowest BCUT2D eigenvalue weighted by atomic mass is 10.00. The van der Waals surface area contributed by atoms with E-state index in [1.807, 2.05) is 29.2 Å². The average Bonchev–Trinajstić information content (AvgIpc) is 3.31.